The number of nitrogens with zero attached hydrogens (tertiary/aromatic N) is 3. The van der Waals surface area contributed by atoms with E-state index >= 15 is 0 Å². The molecule has 0 saturated carbocycles. The van der Waals surface area contributed by atoms with Gasteiger partial charge in [-0.15, -0.1) is 0 Å². The number of aromatic nitrogens is 2. The molecule has 1 saturated heterocycles. The van der Waals surface area contributed by atoms with Crippen molar-refractivity contribution in [3.8, 4) is 11.6 Å². The molecule has 2 aromatic heterocycles. The van der Waals surface area contributed by atoms with E-state index in [1.165, 1.54) is 7.11 Å². The average molecular weight is 515 g/mol. The second kappa shape index (κ2) is 10.6. The van der Waals surface area contributed by atoms with Crippen molar-refractivity contribution in [3.05, 3.63) is 80.5 Å². The molecule has 1 fully saturated rings. The minimum absolute atomic E-state index is 0.160. The maximum Gasteiger partial charge on any atom is 0.328 e. The lowest BCUT2D eigenvalue weighted by atomic mass is 9.99. The van der Waals surface area contributed by atoms with Gasteiger partial charge in [-0.1, -0.05) is 12.1 Å². The van der Waals surface area contributed by atoms with Gasteiger partial charge in [0.25, 0.3) is 10.9 Å². The third-order valence-corrected chi connectivity index (χ3v) is 7.08. The van der Waals surface area contributed by atoms with Crippen LogP contribution in [0.2, 0.25) is 0 Å². The zero-order valence-corrected chi connectivity index (χ0v) is 21.7. The Morgan fingerprint density at radius 3 is 2.68 bits per heavy atom. The molecule has 0 aliphatic carbocycles. The fraction of sp³-hybridized carbons (Fsp3) is 0.345. The minimum atomic E-state index is -0.831. The molecule has 9 nitrogen and oxygen atoms in total. The van der Waals surface area contributed by atoms with Gasteiger partial charge in [-0.3, -0.25) is 14.6 Å². The minimum Gasteiger partial charge on any atom is -0.467 e. The summed E-state index contributed by atoms with van der Waals surface area (Å²) in [7, 11) is 1.30. The van der Waals surface area contributed by atoms with Crippen LogP contribution in [0.5, 0.6) is 11.6 Å². The molecule has 4 aromatic rings. The van der Waals surface area contributed by atoms with E-state index in [1.54, 1.807) is 24.5 Å². The SMILES string of the molecule is COC(=O)[C@H](Cc1ccc(Oc2nc(C)cc3ccncc23)cc1)Nc1c(N2CCCCC2C)c(=O)c1=O. The number of piperidine rings is 1. The van der Waals surface area contributed by atoms with Gasteiger partial charge in [0.15, 0.2) is 0 Å². The van der Waals surface area contributed by atoms with Crippen LogP contribution in [-0.4, -0.2) is 41.7 Å². The van der Waals surface area contributed by atoms with Gasteiger partial charge in [0, 0.05) is 37.1 Å². The van der Waals surface area contributed by atoms with E-state index in [2.05, 4.69) is 15.3 Å². The van der Waals surface area contributed by atoms with Crippen molar-refractivity contribution < 1.29 is 14.3 Å². The van der Waals surface area contributed by atoms with Crippen LogP contribution in [0.15, 0.2) is 58.4 Å². The summed E-state index contributed by atoms with van der Waals surface area (Å²) in [5, 5.41) is 4.82. The summed E-state index contributed by atoms with van der Waals surface area (Å²) in [4.78, 5) is 48.2. The lowest BCUT2D eigenvalue weighted by molar-refractivity contribution is -0.141. The van der Waals surface area contributed by atoms with Crippen LogP contribution in [0.3, 0.4) is 0 Å². The molecule has 1 N–H and O–H groups in total. The van der Waals surface area contributed by atoms with Gasteiger partial charge in [0.2, 0.25) is 5.88 Å². The van der Waals surface area contributed by atoms with Crippen molar-refractivity contribution in [3.63, 3.8) is 0 Å². The number of fused-ring (bicyclic) bond motifs is 1. The van der Waals surface area contributed by atoms with Crippen LogP contribution in [0.1, 0.15) is 37.4 Å². The van der Waals surface area contributed by atoms with Crippen LogP contribution >= 0.6 is 0 Å². The highest BCUT2D eigenvalue weighted by Crippen LogP contribution is 2.30. The molecule has 2 aromatic carbocycles. The van der Waals surface area contributed by atoms with Crippen molar-refractivity contribution >= 4 is 28.1 Å². The quantitative estimate of drug-likeness (QED) is 0.276. The third-order valence-electron chi connectivity index (χ3n) is 7.08. The number of carbonyl (C=O) groups excluding carboxylic acids is 1. The van der Waals surface area contributed by atoms with E-state index in [0.717, 1.165) is 41.3 Å². The molecule has 0 radical (unpaired) electrons. The zero-order chi connectivity index (χ0) is 26.8. The predicted molar refractivity (Wildman–Crippen MR) is 146 cm³/mol. The first-order valence-electron chi connectivity index (χ1n) is 12.8. The fourth-order valence-electron chi connectivity index (χ4n) is 5.03. The molecule has 2 atom stereocenters. The summed E-state index contributed by atoms with van der Waals surface area (Å²) in [5.41, 5.74) is 1.15. The van der Waals surface area contributed by atoms with Crippen LogP contribution in [-0.2, 0) is 16.0 Å². The monoisotopic (exact) mass is 514 g/mol. The van der Waals surface area contributed by atoms with Crippen molar-refractivity contribution in [2.45, 2.75) is 51.6 Å². The molecular weight excluding hydrogens is 484 g/mol. The summed E-state index contributed by atoms with van der Waals surface area (Å²) in [6.07, 6.45) is 6.71. The zero-order valence-electron chi connectivity index (χ0n) is 21.7. The Kier molecular flexibility index (Phi) is 7.09. The molecule has 196 valence electrons. The van der Waals surface area contributed by atoms with Crippen LogP contribution in [0, 0.1) is 6.92 Å². The Morgan fingerprint density at radius 2 is 1.95 bits per heavy atom. The standard InChI is InChI=1S/C29H30N4O5/c1-17-14-20-11-12-30-16-22(20)28(31-17)38-21-9-7-19(8-10-21)15-23(29(36)37-3)32-24-25(27(35)26(24)34)33-13-5-4-6-18(33)2/h7-12,14,16,18,23,32H,4-6,13,15H2,1-3H3/t18?,23-/m0/s1. The van der Waals surface area contributed by atoms with E-state index in [1.807, 2.05) is 43.0 Å². The summed E-state index contributed by atoms with van der Waals surface area (Å²) >= 11 is 0. The van der Waals surface area contributed by atoms with Crippen molar-refractivity contribution in [1.29, 1.82) is 0 Å². The number of pyridine rings is 2. The molecule has 0 bridgehead atoms. The first kappa shape index (κ1) is 25.4. The van der Waals surface area contributed by atoms with E-state index in [-0.39, 0.29) is 18.2 Å². The highest BCUT2D eigenvalue weighted by Gasteiger charge is 2.33. The first-order valence-corrected chi connectivity index (χ1v) is 12.8. The highest BCUT2D eigenvalue weighted by atomic mass is 16.5. The number of esters is 1. The number of hydrogen-bond acceptors (Lipinski definition) is 9. The van der Waals surface area contributed by atoms with Gasteiger partial charge >= 0.3 is 5.97 Å². The first-order chi connectivity index (χ1) is 18.4. The van der Waals surface area contributed by atoms with Gasteiger partial charge in [-0.25, -0.2) is 9.78 Å². The van der Waals surface area contributed by atoms with Gasteiger partial charge in [0.1, 0.15) is 23.2 Å². The number of anilines is 2. The van der Waals surface area contributed by atoms with Gasteiger partial charge in [-0.05, 0) is 68.3 Å². The largest absolute Gasteiger partial charge is 0.467 e. The van der Waals surface area contributed by atoms with Gasteiger partial charge in [0.05, 0.1) is 12.5 Å². The van der Waals surface area contributed by atoms with Crippen LogP contribution in [0.4, 0.5) is 11.4 Å². The number of methoxy groups -OCH3 is 1. The maximum atomic E-state index is 12.6. The lowest BCUT2D eigenvalue weighted by Crippen LogP contribution is -2.49. The second-order valence-electron chi connectivity index (χ2n) is 9.76. The Bertz CT molecular complexity index is 1540. The molecule has 38 heavy (non-hydrogen) atoms. The Morgan fingerprint density at radius 1 is 1.16 bits per heavy atom. The number of benzene rings is 1. The smallest absolute Gasteiger partial charge is 0.328 e. The molecular formula is C29H30N4O5. The van der Waals surface area contributed by atoms with E-state index in [4.69, 9.17) is 9.47 Å². The molecule has 0 amide bonds. The predicted octanol–water partition coefficient (Wildman–Crippen LogP) is 3.90. The molecule has 1 unspecified atom stereocenters. The number of nitrogens with one attached hydrogen (secondary N) is 1. The Hall–Kier alpha value is -4.27. The topological polar surface area (TPSA) is 111 Å². The van der Waals surface area contributed by atoms with E-state index < -0.39 is 22.9 Å². The number of rotatable bonds is 8. The fourth-order valence-corrected chi connectivity index (χ4v) is 5.03. The van der Waals surface area contributed by atoms with Crippen LogP contribution < -0.4 is 25.8 Å². The maximum absolute atomic E-state index is 12.6. The molecule has 1 aliphatic heterocycles. The van der Waals surface area contributed by atoms with Crippen LogP contribution in [0.25, 0.3) is 10.8 Å². The average Bonchev–Trinajstić information content (AvgIpc) is 2.93. The number of ether oxygens (including phenoxy) is 2. The van der Waals surface area contributed by atoms with Crippen molar-refractivity contribution in [1.82, 2.24) is 9.97 Å². The number of carbonyl (C=O) groups is 1. The second-order valence-corrected chi connectivity index (χ2v) is 9.76. The van der Waals surface area contributed by atoms with Gasteiger partial charge < -0.3 is 19.7 Å². The van der Waals surface area contributed by atoms with E-state index in [9.17, 15) is 14.4 Å². The van der Waals surface area contributed by atoms with Crippen molar-refractivity contribution in [2.24, 2.45) is 0 Å². The Balaban J connectivity index is 1.34. The Labute approximate surface area is 220 Å². The number of aryl methyl sites for hydroxylation is 1. The molecule has 0 spiro atoms. The van der Waals surface area contributed by atoms with Gasteiger partial charge in [-0.2, -0.15) is 0 Å². The highest BCUT2D eigenvalue weighted by molar-refractivity contribution is 5.86. The molecule has 5 rings (SSSR count). The number of hydrogen-bond donors (Lipinski definition) is 1. The third kappa shape index (κ3) is 4.96. The van der Waals surface area contributed by atoms with E-state index in [0.29, 0.717) is 23.9 Å². The van der Waals surface area contributed by atoms with Crippen molar-refractivity contribution in [2.75, 3.05) is 23.9 Å². The summed E-state index contributed by atoms with van der Waals surface area (Å²) in [6, 6.07) is 10.5. The summed E-state index contributed by atoms with van der Waals surface area (Å²) < 4.78 is 11.1. The normalized spacial score (nSPS) is 16.4. The summed E-state index contributed by atoms with van der Waals surface area (Å²) in [6.45, 7) is 4.67. The molecule has 9 heteroatoms. The molecule has 3 heterocycles. The summed E-state index contributed by atoms with van der Waals surface area (Å²) in [5.74, 6) is 0.539. The molecule has 1 aliphatic rings. The lowest BCUT2D eigenvalue weighted by Gasteiger charge is -2.37.